The van der Waals surface area contributed by atoms with Crippen molar-refractivity contribution in [1.82, 2.24) is 5.32 Å². The lowest BCUT2D eigenvalue weighted by molar-refractivity contribution is -0.274. The average Bonchev–Trinajstić information content (AvgIpc) is 2.59. The lowest BCUT2D eigenvalue weighted by Gasteiger charge is -2.14. The van der Waals surface area contributed by atoms with Crippen LogP contribution in [0.15, 0.2) is 18.2 Å². The molecule has 0 heterocycles. The normalized spacial score (nSPS) is 19.2. The zero-order valence-electron chi connectivity index (χ0n) is 9.47. The zero-order valence-corrected chi connectivity index (χ0v) is 9.47. The van der Waals surface area contributed by atoms with Gasteiger partial charge in [-0.1, -0.05) is 13.0 Å². The van der Waals surface area contributed by atoms with E-state index in [0.717, 1.165) is 30.5 Å². The van der Waals surface area contributed by atoms with Crippen molar-refractivity contribution >= 4 is 0 Å². The van der Waals surface area contributed by atoms with Gasteiger partial charge in [-0.2, -0.15) is 0 Å². The van der Waals surface area contributed by atoms with E-state index in [1.165, 1.54) is 12.1 Å². The average molecular weight is 245 g/mol. The molecule has 2 rings (SSSR count). The van der Waals surface area contributed by atoms with Crippen LogP contribution in [-0.2, 0) is 6.42 Å². The first kappa shape index (κ1) is 12.2. The molecule has 94 valence electrons. The van der Waals surface area contributed by atoms with Gasteiger partial charge in [0.1, 0.15) is 5.75 Å². The molecule has 0 saturated carbocycles. The summed E-state index contributed by atoms with van der Waals surface area (Å²) in [5.41, 5.74) is 2.03. The second-order valence-electron chi connectivity index (χ2n) is 4.06. The third kappa shape index (κ3) is 2.91. The molecular formula is C12H14F3NO. The highest BCUT2D eigenvalue weighted by Crippen LogP contribution is 2.35. The molecule has 0 saturated heterocycles. The molecule has 0 amide bonds. The number of fused-ring (bicyclic) bond motifs is 1. The van der Waals surface area contributed by atoms with Gasteiger partial charge in [0.05, 0.1) is 0 Å². The van der Waals surface area contributed by atoms with Crippen LogP contribution in [0.3, 0.4) is 0 Å². The molecule has 1 unspecified atom stereocenters. The molecule has 0 bridgehead atoms. The fourth-order valence-corrected chi connectivity index (χ4v) is 2.24. The topological polar surface area (TPSA) is 21.3 Å². The Morgan fingerprint density at radius 2 is 2.18 bits per heavy atom. The number of hydrogen-bond donors (Lipinski definition) is 1. The number of rotatable bonds is 3. The molecule has 1 N–H and O–H groups in total. The first-order valence-electron chi connectivity index (χ1n) is 5.61. The number of ether oxygens (including phenoxy) is 1. The van der Waals surface area contributed by atoms with Crippen LogP contribution in [0.25, 0.3) is 0 Å². The highest BCUT2D eigenvalue weighted by atomic mass is 19.4. The Hall–Kier alpha value is -1.23. The Kier molecular flexibility index (Phi) is 3.28. The quantitative estimate of drug-likeness (QED) is 0.883. The monoisotopic (exact) mass is 245 g/mol. The van der Waals surface area contributed by atoms with Gasteiger partial charge in [-0.05, 0) is 42.6 Å². The second kappa shape index (κ2) is 4.56. The summed E-state index contributed by atoms with van der Waals surface area (Å²) in [4.78, 5) is 0. The van der Waals surface area contributed by atoms with Gasteiger partial charge in [0.2, 0.25) is 0 Å². The molecule has 1 aromatic carbocycles. The Bertz CT molecular complexity index is 401. The predicted octanol–water partition coefficient (Wildman–Crippen LogP) is 3.18. The van der Waals surface area contributed by atoms with Gasteiger partial charge in [0.25, 0.3) is 0 Å². The van der Waals surface area contributed by atoms with Crippen molar-refractivity contribution in [2.45, 2.75) is 32.2 Å². The van der Waals surface area contributed by atoms with Gasteiger partial charge >= 0.3 is 6.36 Å². The minimum Gasteiger partial charge on any atom is -0.406 e. The second-order valence-corrected chi connectivity index (χ2v) is 4.06. The van der Waals surface area contributed by atoms with Gasteiger partial charge in [0.15, 0.2) is 0 Å². The van der Waals surface area contributed by atoms with Gasteiger partial charge in [-0.15, -0.1) is 13.2 Å². The highest BCUT2D eigenvalue weighted by molar-refractivity contribution is 5.40. The van der Waals surface area contributed by atoms with Gasteiger partial charge < -0.3 is 10.1 Å². The molecule has 1 aliphatic carbocycles. The third-order valence-corrected chi connectivity index (χ3v) is 2.88. The molecule has 0 radical (unpaired) electrons. The summed E-state index contributed by atoms with van der Waals surface area (Å²) in [5, 5.41) is 3.25. The molecule has 1 aliphatic rings. The van der Waals surface area contributed by atoms with Crippen LogP contribution < -0.4 is 10.1 Å². The van der Waals surface area contributed by atoms with E-state index in [4.69, 9.17) is 0 Å². The third-order valence-electron chi connectivity index (χ3n) is 2.88. The maximum Gasteiger partial charge on any atom is 0.573 e. The van der Waals surface area contributed by atoms with Crippen LogP contribution in [0, 0.1) is 0 Å². The van der Waals surface area contributed by atoms with Crippen LogP contribution >= 0.6 is 0 Å². The maximum absolute atomic E-state index is 12.1. The fourth-order valence-electron chi connectivity index (χ4n) is 2.24. The summed E-state index contributed by atoms with van der Waals surface area (Å²) >= 11 is 0. The first-order valence-corrected chi connectivity index (χ1v) is 5.61. The van der Waals surface area contributed by atoms with E-state index in [9.17, 15) is 13.2 Å². The van der Waals surface area contributed by atoms with E-state index in [0.29, 0.717) is 0 Å². The molecule has 5 heteroatoms. The predicted molar refractivity (Wildman–Crippen MR) is 57.9 cm³/mol. The Morgan fingerprint density at radius 1 is 1.41 bits per heavy atom. The number of alkyl halides is 3. The van der Waals surface area contributed by atoms with E-state index in [1.807, 2.05) is 6.92 Å². The van der Waals surface area contributed by atoms with Crippen LogP contribution in [-0.4, -0.2) is 12.9 Å². The summed E-state index contributed by atoms with van der Waals surface area (Å²) in [6, 6.07) is 4.73. The van der Waals surface area contributed by atoms with Crippen molar-refractivity contribution in [3.63, 3.8) is 0 Å². The Balaban J connectivity index is 2.21. The molecule has 0 fully saturated rings. The zero-order chi connectivity index (χ0) is 12.5. The largest absolute Gasteiger partial charge is 0.573 e. The molecule has 0 aromatic heterocycles. The molecule has 1 aromatic rings. The van der Waals surface area contributed by atoms with Crippen molar-refractivity contribution in [2.24, 2.45) is 0 Å². The SMILES string of the molecule is CCNC1CCc2ccc(OC(F)(F)F)cc21. The van der Waals surface area contributed by atoms with Crippen LogP contribution in [0.1, 0.15) is 30.5 Å². The molecule has 17 heavy (non-hydrogen) atoms. The number of nitrogens with one attached hydrogen (secondary N) is 1. The number of benzene rings is 1. The summed E-state index contributed by atoms with van der Waals surface area (Å²) in [6.07, 6.45) is -2.79. The van der Waals surface area contributed by atoms with Crippen LogP contribution in [0.2, 0.25) is 0 Å². The Labute approximate surface area is 97.8 Å². The molecule has 2 nitrogen and oxygen atoms in total. The van der Waals surface area contributed by atoms with E-state index < -0.39 is 6.36 Å². The summed E-state index contributed by atoms with van der Waals surface area (Å²) in [7, 11) is 0. The standard InChI is InChI=1S/C12H14F3NO/c1-2-16-11-6-4-8-3-5-9(7-10(8)11)17-12(13,14)15/h3,5,7,11,16H,2,4,6H2,1H3. The van der Waals surface area contributed by atoms with E-state index in [1.54, 1.807) is 6.07 Å². The van der Waals surface area contributed by atoms with Crippen LogP contribution in [0.4, 0.5) is 13.2 Å². The van der Waals surface area contributed by atoms with E-state index in [2.05, 4.69) is 10.1 Å². The Morgan fingerprint density at radius 3 is 2.82 bits per heavy atom. The maximum atomic E-state index is 12.1. The molecule has 1 atom stereocenters. The smallest absolute Gasteiger partial charge is 0.406 e. The highest BCUT2D eigenvalue weighted by Gasteiger charge is 2.32. The van der Waals surface area contributed by atoms with Crippen molar-refractivity contribution in [1.29, 1.82) is 0 Å². The molecular weight excluding hydrogens is 231 g/mol. The fraction of sp³-hybridized carbons (Fsp3) is 0.500. The minimum atomic E-state index is -4.62. The summed E-state index contributed by atoms with van der Waals surface area (Å²) in [5.74, 6) is -0.138. The lowest BCUT2D eigenvalue weighted by atomic mass is 10.1. The summed E-state index contributed by atoms with van der Waals surface area (Å²) < 4.78 is 40.2. The minimum absolute atomic E-state index is 0.138. The van der Waals surface area contributed by atoms with Crippen LogP contribution in [0.5, 0.6) is 5.75 Å². The molecule has 0 spiro atoms. The van der Waals surface area contributed by atoms with Crippen molar-refractivity contribution < 1.29 is 17.9 Å². The van der Waals surface area contributed by atoms with E-state index >= 15 is 0 Å². The number of aryl methyl sites for hydroxylation is 1. The summed E-state index contributed by atoms with van der Waals surface area (Å²) in [6.45, 7) is 2.78. The van der Waals surface area contributed by atoms with E-state index in [-0.39, 0.29) is 11.8 Å². The number of halogens is 3. The molecule has 0 aliphatic heterocycles. The lowest BCUT2D eigenvalue weighted by Crippen LogP contribution is -2.19. The van der Waals surface area contributed by atoms with Gasteiger partial charge in [0, 0.05) is 6.04 Å². The van der Waals surface area contributed by atoms with Crippen molar-refractivity contribution in [3.05, 3.63) is 29.3 Å². The first-order chi connectivity index (χ1) is 7.99. The van der Waals surface area contributed by atoms with Crippen molar-refractivity contribution in [2.75, 3.05) is 6.54 Å². The van der Waals surface area contributed by atoms with Gasteiger partial charge in [-0.3, -0.25) is 0 Å². The van der Waals surface area contributed by atoms with Crippen molar-refractivity contribution in [3.8, 4) is 5.75 Å². The number of hydrogen-bond acceptors (Lipinski definition) is 2. The van der Waals surface area contributed by atoms with Gasteiger partial charge in [-0.25, -0.2) is 0 Å².